The molecule has 1 aliphatic rings. The number of hydrogen-bond donors (Lipinski definition) is 1. The van der Waals surface area contributed by atoms with Crippen LogP contribution in [0.5, 0.6) is 5.75 Å². The number of benzene rings is 1. The van der Waals surface area contributed by atoms with Gasteiger partial charge in [0, 0.05) is 25.6 Å². The van der Waals surface area contributed by atoms with E-state index < -0.39 is 0 Å². The maximum absolute atomic E-state index is 10.8. The number of carbonyl (C=O) groups is 1. The number of amides is 1. The van der Waals surface area contributed by atoms with Gasteiger partial charge in [0.2, 0.25) is 5.91 Å². The first kappa shape index (κ1) is 11.6. The molecule has 0 aromatic heterocycles. The number of aliphatic imine (C=N–C) groups is 1. The SMILES string of the molecule is COc1ccc2c(c1)C(CCNC(C)=O)C=N2. The van der Waals surface area contributed by atoms with Crippen molar-refractivity contribution < 1.29 is 9.53 Å². The third-order valence-electron chi connectivity index (χ3n) is 2.86. The molecule has 0 radical (unpaired) electrons. The van der Waals surface area contributed by atoms with Crippen molar-refractivity contribution in [3.8, 4) is 5.75 Å². The maximum atomic E-state index is 10.8. The molecule has 0 spiro atoms. The van der Waals surface area contributed by atoms with Crippen LogP contribution in [0.25, 0.3) is 0 Å². The average molecular weight is 232 g/mol. The monoisotopic (exact) mass is 232 g/mol. The highest BCUT2D eigenvalue weighted by Crippen LogP contribution is 2.36. The van der Waals surface area contributed by atoms with E-state index in [4.69, 9.17) is 4.74 Å². The first-order chi connectivity index (χ1) is 8.20. The van der Waals surface area contributed by atoms with E-state index >= 15 is 0 Å². The Kier molecular flexibility index (Phi) is 3.42. The van der Waals surface area contributed by atoms with Crippen molar-refractivity contribution in [1.82, 2.24) is 5.32 Å². The molecule has 1 unspecified atom stereocenters. The minimum Gasteiger partial charge on any atom is -0.497 e. The second-order valence-corrected chi connectivity index (χ2v) is 4.08. The highest BCUT2D eigenvalue weighted by molar-refractivity contribution is 5.81. The number of nitrogens with zero attached hydrogens (tertiary/aromatic N) is 1. The van der Waals surface area contributed by atoms with E-state index in [1.165, 1.54) is 12.5 Å². The molecule has 0 bridgehead atoms. The van der Waals surface area contributed by atoms with Crippen LogP contribution in [0.1, 0.15) is 24.8 Å². The summed E-state index contributed by atoms with van der Waals surface area (Å²) in [5, 5.41) is 2.80. The second kappa shape index (κ2) is 4.99. The minimum absolute atomic E-state index is 0.00537. The van der Waals surface area contributed by atoms with Crippen LogP contribution in [-0.2, 0) is 4.79 Å². The van der Waals surface area contributed by atoms with Gasteiger partial charge in [0.25, 0.3) is 0 Å². The first-order valence-electron chi connectivity index (χ1n) is 5.67. The summed E-state index contributed by atoms with van der Waals surface area (Å²) < 4.78 is 5.21. The third kappa shape index (κ3) is 2.64. The molecule has 1 aromatic carbocycles. The van der Waals surface area contributed by atoms with Gasteiger partial charge in [-0.05, 0) is 30.2 Å². The molecule has 1 aliphatic heterocycles. The van der Waals surface area contributed by atoms with Gasteiger partial charge in [0.1, 0.15) is 5.75 Å². The Labute approximate surface area is 101 Å². The predicted octanol–water partition coefficient (Wildman–Crippen LogP) is 2.02. The van der Waals surface area contributed by atoms with E-state index in [0.717, 1.165) is 17.9 Å². The van der Waals surface area contributed by atoms with Gasteiger partial charge in [-0.3, -0.25) is 9.79 Å². The van der Waals surface area contributed by atoms with Crippen molar-refractivity contribution in [3.63, 3.8) is 0 Å². The zero-order chi connectivity index (χ0) is 12.3. The fourth-order valence-corrected chi connectivity index (χ4v) is 1.96. The fraction of sp³-hybridized carbons (Fsp3) is 0.385. The summed E-state index contributed by atoms with van der Waals surface area (Å²) >= 11 is 0. The second-order valence-electron chi connectivity index (χ2n) is 4.08. The van der Waals surface area contributed by atoms with Crippen LogP contribution in [-0.4, -0.2) is 25.8 Å². The van der Waals surface area contributed by atoms with Gasteiger partial charge in [0.15, 0.2) is 0 Å². The normalized spacial score (nSPS) is 16.7. The zero-order valence-corrected chi connectivity index (χ0v) is 10.1. The zero-order valence-electron chi connectivity index (χ0n) is 10.1. The Bertz CT molecular complexity index is 455. The Morgan fingerprint density at radius 1 is 1.53 bits per heavy atom. The summed E-state index contributed by atoms with van der Waals surface area (Å²) in [6.07, 6.45) is 2.80. The summed E-state index contributed by atoms with van der Waals surface area (Å²) in [5.74, 6) is 1.12. The highest BCUT2D eigenvalue weighted by atomic mass is 16.5. The molecule has 0 fully saturated rings. The summed E-state index contributed by atoms with van der Waals surface area (Å²) in [6.45, 7) is 2.20. The van der Waals surface area contributed by atoms with Gasteiger partial charge in [-0.1, -0.05) is 0 Å². The van der Waals surface area contributed by atoms with E-state index in [1.54, 1.807) is 7.11 Å². The summed E-state index contributed by atoms with van der Waals surface area (Å²) in [4.78, 5) is 15.2. The van der Waals surface area contributed by atoms with Gasteiger partial charge < -0.3 is 10.1 Å². The molecule has 0 saturated heterocycles. The van der Waals surface area contributed by atoms with Crippen LogP contribution >= 0.6 is 0 Å². The van der Waals surface area contributed by atoms with E-state index in [2.05, 4.69) is 10.3 Å². The lowest BCUT2D eigenvalue weighted by Gasteiger charge is -2.10. The maximum Gasteiger partial charge on any atom is 0.216 e. The molecular weight excluding hydrogens is 216 g/mol. The lowest BCUT2D eigenvalue weighted by Crippen LogP contribution is -2.22. The van der Waals surface area contributed by atoms with Crippen molar-refractivity contribution in [2.75, 3.05) is 13.7 Å². The van der Waals surface area contributed by atoms with E-state index in [-0.39, 0.29) is 11.8 Å². The van der Waals surface area contributed by atoms with Crippen LogP contribution in [0.4, 0.5) is 5.69 Å². The molecule has 0 saturated carbocycles. The minimum atomic E-state index is 0.00537. The summed E-state index contributed by atoms with van der Waals surface area (Å²) in [6, 6.07) is 5.89. The lowest BCUT2D eigenvalue weighted by atomic mass is 9.97. The topological polar surface area (TPSA) is 50.7 Å². The first-order valence-corrected chi connectivity index (χ1v) is 5.67. The molecule has 4 heteroatoms. The molecule has 1 atom stereocenters. The highest BCUT2D eigenvalue weighted by Gasteiger charge is 2.19. The van der Waals surface area contributed by atoms with Crippen LogP contribution in [0.3, 0.4) is 0 Å². The third-order valence-corrected chi connectivity index (χ3v) is 2.86. The van der Waals surface area contributed by atoms with Crippen LogP contribution in [0.15, 0.2) is 23.2 Å². The Morgan fingerprint density at radius 3 is 3.06 bits per heavy atom. The quantitative estimate of drug-likeness (QED) is 0.863. The standard InChI is InChI=1S/C13H16N2O2/c1-9(16)14-6-5-10-8-15-13-4-3-11(17-2)7-12(10)13/h3-4,7-8,10H,5-6H2,1-2H3,(H,14,16). The smallest absolute Gasteiger partial charge is 0.216 e. The largest absolute Gasteiger partial charge is 0.497 e. The van der Waals surface area contributed by atoms with Gasteiger partial charge in [-0.25, -0.2) is 0 Å². The van der Waals surface area contributed by atoms with Crippen molar-refractivity contribution in [2.45, 2.75) is 19.3 Å². The Balaban J connectivity index is 2.04. The average Bonchev–Trinajstić information content (AvgIpc) is 2.71. The van der Waals surface area contributed by atoms with Gasteiger partial charge in [0.05, 0.1) is 12.8 Å². The number of fused-ring (bicyclic) bond motifs is 1. The van der Waals surface area contributed by atoms with Crippen molar-refractivity contribution in [3.05, 3.63) is 23.8 Å². The van der Waals surface area contributed by atoms with Crippen LogP contribution in [0, 0.1) is 0 Å². The van der Waals surface area contributed by atoms with E-state index in [9.17, 15) is 4.79 Å². The number of carbonyl (C=O) groups excluding carboxylic acids is 1. The lowest BCUT2D eigenvalue weighted by molar-refractivity contribution is -0.118. The van der Waals surface area contributed by atoms with E-state index in [1.807, 2.05) is 24.4 Å². The Hall–Kier alpha value is -1.84. The van der Waals surface area contributed by atoms with E-state index in [0.29, 0.717) is 6.54 Å². The van der Waals surface area contributed by atoms with Gasteiger partial charge in [-0.2, -0.15) is 0 Å². The van der Waals surface area contributed by atoms with Gasteiger partial charge >= 0.3 is 0 Å². The number of rotatable bonds is 4. The van der Waals surface area contributed by atoms with Crippen LogP contribution in [0.2, 0.25) is 0 Å². The number of ether oxygens (including phenoxy) is 1. The number of methoxy groups -OCH3 is 1. The molecule has 1 aromatic rings. The molecule has 0 aliphatic carbocycles. The molecule has 90 valence electrons. The summed E-state index contributed by atoms with van der Waals surface area (Å²) in [5.41, 5.74) is 2.17. The predicted molar refractivity (Wildman–Crippen MR) is 67.2 cm³/mol. The molecule has 4 nitrogen and oxygen atoms in total. The van der Waals surface area contributed by atoms with Crippen molar-refractivity contribution in [1.29, 1.82) is 0 Å². The number of hydrogen-bond acceptors (Lipinski definition) is 3. The molecule has 1 N–H and O–H groups in total. The Morgan fingerprint density at radius 2 is 2.35 bits per heavy atom. The van der Waals surface area contributed by atoms with Crippen molar-refractivity contribution >= 4 is 17.8 Å². The molecule has 1 amide bonds. The van der Waals surface area contributed by atoms with Crippen molar-refractivity contribution in [2.24, 2.45) is 4.99 Å². The number of nitrogens with one attached hydrogen (secondary N) is 1. The molecule has 2 rings (SSSR count). The molecule has 17 heavy (non-hydrogen) atoms. The molecular formula is C13H16N2O2. The fourth-order valence-electron chi connectivity index (χ4n) is 1.96. The van der Waals surface area contributed by atoms with Crippen LogP contribution < -0.4 is 10.1 Å². The molecule has 1 heterocycles. The van der Waals surface area contributed by atoms with Gasteiger partial charge in [-0.15, -0.1) is 0 Å². The summed E-state index contributed by atoms with van der Waals surface area (Å²) in [7, 11) is 1.66.